The zero-order chi connectivity index (χ0) is 11.7. The van der Waals surface area contributed by atoms with Gasteiger partial charge in [-0.15, -0.1) is 11.3 Å². The maximum absolute atomic E-state index is 4.33. The summed E-state index contributed by atoms with van der Waals surface area (Å²) in [6.45, 7) is 2.09. The van der Waals surface area contributed by atoms with Crippen LogP contribution in [-0.4, -0.2) is 14.8 Å². The van der Waals surface area contributed by atoms with E-state index in [2.05, 4.69) is 41.3 Å². The summed E-state index contributed by atoms with van der Waals surface area (Å²) in [5, 5.41) is 7.17. The topological polar surface area (TPSA) is 30.7 Å². The fourth-order valence-corrected chi connectivity index (χ4v) is 2.30. The molecule has 3 rings (SSSR count). The molecule has 0 radical (unpaired) electrons. The Labute approximate surface area is 103 Å². The van der Waals surface area contributed by atoms with Gasteiger partial charge in [-0.2, -0.15) is 5.10 Å². The van der Waals surface area contributed by atoms with Crippen molar-refractivity contribution in [2.45, 2.75) is 6.92 Å². The van der Waals surface area contributed by atoms with Crippen molar-refractivity contribution in [3.8, 4) is 16.3 Å². The lowest BCUT2D eigenvalue weighted by atomic mass is 10.1. The molecule has 4 heteroatoms. The third kappa shape index (κ3) is 1.99. The SMILES string of the molecule is Cc1cccc(-c2cnn(-c3nccs3)c2)c1. The van der Waals surface area contributed by atoms with E-state index >= 15 is 0 Å². The second-order valence-electron chi connectivity index (χ2n) is 3.86. The van der Waals surface area contributed by atoms with Crippen molar-refractivity contribution in [2.75, 3.05) is 0 Å². The Morgan fingerprint density at radius 1 is 1.24 bits per heavy atom. The molecule has 0 fully saturated rings. The Hall–Kier alpha value is -1.94. The van der Waals surface area contributed by atoms with Crippen molar-refractivity contribution in [1.82, 2.24) is 14.8 Å². The molecule has 3 aromatic rings. The molecule has 1 aromatic carbocycles. The third-order valence-corrected chi connectivity index (χ3v) is 3.31. The molecule has 2 heterocycles. The Morgan fingerprint density at radius 2 is 2.18 bits per heavy atom. The van der Waals surface area contributed by atoms with E-state index in [1.54, 1.807) is 17.5 Å². The van der Waals surface area contributed by atoms with Crippen LogP contribution in [0.4, 0.5) is 0 Å². The number of hydrogen-bond donors (Lipinski definition) is 0. The van der Waals surface area contributed by atoms with Gasteiger partial charge in [0.15, 0.2) is 0 Å². The summed E-state index contributed by atoms with van der Waals surface area (Å²) in [6, 6.07) is 8.40. The zero-order valence-corrected chi connectivity index (χ0v) is 10.2. The van der Waals surface area contributed by atoms with E-state index in [4.69, 9.17) is 0 Å². The third-order valence-electron chi connectivity index (χ3n) is 2.55. The normalized spacial score (nSPS) is 10.6. The van der Waals surface area contributed by atoms with E-state index in [1.165, 1.54) is 11.1 Å². The highest BCUT2D eigenvalue weighted by molar-refractivity contribution is 7.12. The summed E-state index contributed by atoms with van der Waals surface area (Å²) < 4.78 is 1.81. The number of thiazole rings is 1. The zero-order valence-electron chi connectivity index (χ0n) is 9.37. The van der Waals surface area contributed by atoms with Crippen LogP contribution in [0, 0.1) is 6.92 Å². The van der Waals surface area contributed by atoms with Gasteiger partial charge >= 0.3 is 0 Å². The number of rotatable bonds is 2. The predicted octanol–water partition coefficient (Wildman–Crippen LogP) is 3.30. The molecule has 0 aliphatic carbocycles. The van der Waals surface area contributed by atoms with Crippen LogP contribution in [0.5, 0.6) is 0 Å². The highest BCUT2D eigenvalue weighted by Gasteiger charge is 2.04. The van der Waals surface area contributed by atoms with Crippen molar-refractivity contribution in [3.63, 3.8) is 0 Å². The van der Waals surface area contributed by atoms with E-state index in [1.807, 2.05) is 22.5 Å². The minimum atomic E-state index is 0.893. The van der Waals surface area contributed by atoms with Gasteiger partial charge in [0.1, 0.15) is 0 Å². The van der Waals surface area contributed by atoms with Crippen LogP contribution in [0.3, 0.4) is 0 Å². The van der Waals surface area contributed by atoms with Gasteiger partial charge in [0.05, 0.1) is 6.20 Å². The van der Waals surface area contributed by atoms with Crippen molar-refractivity contribution < 1.29 is 0 Å². The van der Waals surface area contributed by atoms with Crippen LogP contribution < -0.4 is 0 Å². The van der Waals surface area contributed by atoms with Crippen LogP contribution in [0.15, 0.2) is 48.2 Å². The number of hydrogen-bond acceptors (Lipinski definition) is 3. The van der Waals surface area contributed by atoms with Crippen LogP contribution in [0.25, 0.3) is 16.3 Å². The Balaban J connectivity index is 2.01. The second kappa shape index (κ2) is 4.14. The lowest BCUT2D eigenvalue weighted by Crippen LogP contribution is -1.91. The lowest BCUT2D eigenvalue weighted by molar-refractivity contribution is 0.870. The molecule has 0 aliphatic rings. The number of benzene rings is 1. The molecule has 0 spiro atoms. The largest absolute Gasteiger partial charge is 0.227 e. The fourth-order valence-electron chi connectivity index (χ4n) is 1.73. The quantitative estimate of drug-likeness (QED) is 0.689. The van der Waals surface area contributed by atoms with Gasteiger partial charge in [-0.05, 0) is 12.5 Å². The van der Waals surface area contributed by atoms with Gasteiger partial charge in [0, 0.05) is 23.3 Å². The number of nitrogens with zero attached hydrogens (tertiary/aromatic N) is 3. The van der Waals surface area contributed by atoms with E-state index < -0.39 is 0 Å². The summed E-state index contributed by atoms with van der Waals surface area (Å²) in [5.41, 5.74) is 3.56. The molecule has 0 aliphatic heterocycles. The number of aryl methyl sites for hydroxylation is 1. The molecule has 0 amide bonds. The average molecular weight is 241 g/mol. The smallest absolute Gasteiger partial charge is 0.210 e. The van der Waals surface area contributed by atoms with Crippen molar-refractivity contribution in [2.24, 2.45) is 0 Å². The highest BCUT2D eigenvalue weighted by atomic mass is 32.1. The molecule has 0 N–H and O–H groups in total. The Morgan fingerprint density at radius 3 is 2.94 bits per heavy atom. The van der Waals surface area contributed by atoms with Crippen LogP contribution in [0.2, 0.25) is 0 Å². The highest BCUT2D eigenvalue weighted by Crippen LogP contribution is 2.21. The van der Waals surface area contributed by atoms with E-state index in [-0.39, 0.29) is 0 Å². The maximum atomic E-state index is 4.33. The van der Waals surface area contributed by atoms with Crippen molar-refractivity contribution >= 4 is 11.3 Å². The molecule has 0 atom stereocenters. The predicted molar refractivity (Wildman–Crippen MR) is 69.4 cm³/mol. The molecule has 0 bridgehead atoms. The van der Waals surface area contributed by atoms with Gasteiger partial charge in [-0.1, -0.05) is 29.8 Å². The molecular weight excluding hydrogens is 230 g/mol. The molecule has 84 valence electrons. The van der Waals surface area contributed by atoms with Crippen LogP contribution >= 0.6 is 11.3 Å². The van der Waals surface area contributed by atoms with Crippen molar-refractivity contribution in [1.29, 1.82) is 0 Å². The van der Waals surface area contributed by atoms with E-state index in [0.29, 0.717) is 0 Å². The maximum Gasteiger partial charge on any atom is 0.210 e. The minimum Gasteiger partial charge on any atom is -0.227 e. The first-order valence-electron chi connectivity index (χ1n) is 5.34. The first-order chi connectivity index (χ1) is 8.33. The summed E-state index contributed by atoms with van der Waals surface area (Å²) in [5.74, 6) is 0. The van der Waals surface area contributed by atoms with Crippen molar-refractivity contribution in [3.05, 3.63) is 53.8 Å². The molecule has 0 saturated heterocycles. The monoisotopic (exact) mass is 241 g/mol. The molecule has 0 unspecified atom stereocenters. The van der Waals surface area contributed by atoms with Crippen LogP contribution in [-0.2, 0) is 0 Å². The minimum absolute atomic E-state index is 0.893. The molecule has 3 nitrogen and oxygen atoms in total. The summed E-state index contributed by atoms with van der Waals surface area (Å²) >= 11 is 1.58. The lowest BCUT2D eigenvalue weighted by Gasteiger charge is -1.98. The van der Waals surface area contributed by atoms with Gasteiger partial charge in [0.2, 0.25) is 5.13 Å². The molecule has 0 saturated carbocycles. The van der Waals surface area contributed by atoms with Gasteiger partial charge in [-0.3, -0.25) is 0 Å². The summed E-state index contributed by atoms with van der Waals surface area (Å²) in [6.07, 6.45) is 5.66. The van der Waals surface area contributed by atoms with Gasteiger partial charge in [0.25, 0.3) is 0 Å². The molecule has 17 heavy (non-hydrogen) atoms. The summed E-state index contributed by atoms with van der Waals surface area (Å²) in [4.78, 5) is 4.23. The standard InChI is InChI=1S/C13H11N3S/c1-10-3-2-4-11(7-10)12-8-15-16(9-12)13-14-5-6-17-13/h2-9H,1H3. The second-order valence-corrected chi connectivity index (χ2v) is 4.73. The summed E-state index contributed by atoms with van der Waals surface area (Å²) in [7, 11) is 0. The molecular formula is C13H11N3S. The van der Waals surface area contributed by atoms with Gasteiger partial charge in [-0.25, -0.2) is 9.67 Å². The van der Waals surface area contributed by atoms with E-state index in [0.717, 1.165) is 10.7 Å². The fraction of sp³-hybridized carbons (Fsp3) is 0.0769. The number of aromatic nitrogens is 3. The molecule has 2 aromatic heterocycles. The average Bonchev–Trinajstić information content (AvgIpc) is 3.00. The first kappa shape index (κ1) is 10.2. The van der Waals surface area contributed by atoms with Crippen LogP contribution in [0.1, 0.15) is 5.56 Å². The Bertz CT molecular complexity index is 626. The van der Waals surface area contributed by atoms with Gasteiger partial charge < -0.3 is 0 Å². The first-order valence-corrected chi connectivity index (χ1v) is 6.22. The Kier molecular flexibility index (Phi) is 2.49. The van der Waals surface area contributed by atoms with E-state index in [9.17, 15) is 0 Å².